The molecule has 0 aliphatic heterocycles. The van der Waals surface area contributed by atoms with Gasteiger partial charge in [0.2, 0.25) is 0 Å². The minimum atomic E-state index is -0.468. The molecule has 6 nitrogen and oxygen atoms in total. The maximum Gasteiger partial charge on any atom is 0.293 e. The van der Waals surface area contributed by atoms with Crippen molar-refractivity contribution in [1.29, 1.82) is 0 Å². The molecule has 6 heteroatoms. The van der Waals surface area contributed by atoms with E-state index in [1.807, 2.05) is 0 Å². The molecule has 0 saturated carbocycles. The fraction of sp³-hybridized carbons (Fsp3) is 0.222. The molecule has 0 bridgehead atoms. The van der Waals surface area contributed by atoms with Gasteiger partial charge in [0.05, 0.1) is 11.1 Å². The summed E-state index contributed by atoms with van der Waals surface area (Å²) < 4.78 is 0. The fourth-order valence-electron chi connectivity index (χ4n) is 1.21. The largest absolute Gasteiger partial charge is 0.411 e. The molecule has 0 unspecified atom stereocenters. The van der Waals surface area contributed by atoms with Crippen molar-refractivity contribution in [2.75, 3.05) is 19.0 Å². The summed E-state index contributed by atoms with van der Waals surface area (Å²) in [5.41, 5.74) is 0.974. The van der Waals surface area contributed by atoms with Gasteiger partial charge in [-0.1, -0.05) is 11.2 Å². The normalized spacial score (nSPS) is 10.5. The minimum Gasteiger partial charge on any atom is -0.411 e. The first-order valence-corrected chi connectivity index (χ1v) is 4.19. The van der Waals surface area contributed by atoms with Crippen molar-refractivity contribution in [3.8, 4) is 0 Å². The number of nitro benzene ring substituents is 1. The van der Waals surface area contributed by atoms with Crippen LogP contribution in [0.5, 0.6) is 0 Å². The monoisotopic (exact) mass is 209 g/mol. The summed E-state index contributed by atoms with van der Waals surface area (Å²) in [6, 6.07) is 4.60. The summed E-state index contributed by atoms with van der Waals surface area (Å²) in [6.45, 7) is 0. The zero-order valence-electron chi connectivity index (χ0n) is 8.41. The van der Waals surface area contributed by atoms with E-state index in [1.54, 1.807) is 31.1 Å². The molecule has 0 atom stereocenters. The SMILES string of the molecule is CN(C)c1ccc(C=NO)cc1[N+](=O)[O-]. The number of anilines is 1. The Morgan fingerprint density at radius 3 is 2.67 bits per heavy atom. The third-order valence-corrected chi connectivity index (χ3v) is 1.88. The first-order valence-electron chi connectivity index (χ1n) is 4.19. The lowest BCUT2D eigenvalue weighted by Crippen LogP contribution is -2.11. The standard InChI is InChI=1S/C9H11N3O3/c1-11(2)8-4-3-7(6-10-13)5-9(8)12(14)15/h3-6,13H,1-2H3. The first-order chi connectivity index (χ1) is 7.06. The highest BCUT2D eigenvalue weighted by Crippen LogP contribution is 2.26. The molecule has 0 aliphatic rings. The van der Waals surface area contributed by atoms with Crippen LogP contribution in [0.4, 0.5) is 11.4 Å². The molecule has 15 heavy (non-hydrogen) atoms. The van der Waals surface area contributed by atoms with E-state index in [-0.39, 0.29) is 5.69 Å². The Bertz CT molecular complexity index is 402. The summed E-state index contributed by atoms with van der Waals surface area (Å²) in [6.07, 6.45) is 1.15. The molecule has 1 aromatic carbocycles. The van der Waals surface area contributed by atoms with Crippen LogP contribution >= 0.6 is 0 Å². The second kappa shape index (κ2) is 4.41. The fourth-order valence-corrected chi connectivity index (χ4v) is 1.21. The lowest BCUT2D eigenvalue weighted by atomic mass is 10.2. The Hall–Kier alpha value is -2.11. The molecule has 0 saturated heterocycles. The number of benzene rings is 1. The van der Waals surface area contributed by atoms with Gasteiger partial charge in [0.15, 0.2) is 0 Å². The van der Waals surface area contributed by atoms with Crippen molar-refractivity contribution >= 4 is 17.6 Å². The molecule has 1 N–H and O–H groups in total. The van der Waals surface area contributed by atoms with Gasteiger partial charge in [-0.25, -0.2) is 0 Å². The third kappa shape index (κ3) is 2.43. The quantitative estimate of drug-likeness (QED) is 0.354. The van der Waals surface area contributed by atoms with Crippen molar-refractivity contribution in [2.24, 2.45) is 5.16 Å². The van der Waals surface area contributed by atoms with Crippen molar-refractivity contribution < 1.29 is 10.1 Å². The number of hydrogen-bond donors (Lipinski definition) is 1. The molecular formula is C9H11N3O3. The summed E-state index contributed by atoms with van der Waals surface area (Å²) in [5, 5.41) is 21.9. The van der Waals surface area contributed by atoms with Crippen molar-refractivity contribution in [3.05, 3.63) is 33.9 Å². The maximum atomic E-state index is 10.8. The van der Waals surface area contributed by atoms with E-state index in [1.165, 1.54) is 6.07 Å². The van der Waals surface area contributed by atoms with Gasteiger partial charge in [0, 0.05) is 25.7 Å². The lowest BCUT2D eigenvalue weighted by Gasteiger charge is -2.12. The van der Waals surface area contributed by atoms with Gasteiger partial charge >= 0.3 is 0 Å². The van der Waals surface area contributed by atoms with Crippen LogP contribution in [0.15, 0.2) is 23.4 Å². The van der Waals surface area contributed by atoms with Gasteiger partial charge in [-0.15, -0.1) is 0 Å². The second-order valence-corrected chi connectivity index (χ2v) is 3.14. The van der Waals surface area contributed by atoms with Crippen LogP contribution in [-0.2, 0) is 0 Å². The van der Waals surface area contributed by atoms with Crippen LogP contribution < -0.4 is 4.90 Å². The van der Waals surface area contributed by atoms with Crippen molar-refractivity contribution in [3.63, 3.8) is 0 Å². The van der Waals surface area contributed by atoms with Gasteiger partial charge in [0.1, 0.15) is 5.69 Å². The van der Waals surface area contributed by atoms with Crippen LogP contribution in [0.1, 0.15) is 5.56 Å². The minimum absolute atomic E-state index is 0.0163. The zero-order valence-corrected chi connectivity index (χ0v) is 8.41. The number of rotatable bonds is 3. The van der Waals surface area contributed by atoms with Crippen LogP contribution in [0, 0.1) is 10.1 Å². The van der Waals surface area contributed by atoms with E-state index < -0.39 is 4.92 Å². The number of nitrogens with zero attached hydrogens (tertiary/aromatic N) is 3. The predicted molar refractivity (Wildman–Crippen MR) is 56.8 cm³/mol. The average molecular weight is 209 g/mol. The van der Waals surface area contributed by atoms with Crippen molar-refractivity contribution in [1.82, 2.24) is 0 Å². The van der Waals surface area contributed by atoms with E-state index in [0.717, 1.165) is 6.21 Å². The van der Waals surface area contributed by atoms with E-state index in [4.69, 9.17) is 5.21 Å². The maximum absolute atomic E-state index is 10.8. The highest BCUT2D eigenvalue weighted by molar-refractivity contribution is 5.82. The topological polar surface area (TPSA) is 79.0 Å². The number of nitro groups is 1. The Labute approximate surface area is 86.6 Å². The van der Waals surface area contributed by atoms with Crippen LogP contribution in [-0.4, -0.2) is 30.4 Å². The van der Waals surface area contributed by atoms with E-state index in [0.29, 0.717) is 11.3 Å². The summed E-state index contributed by atoms with van der Waals surface area (Å²) in [5.74, 6) is 0. The molecule has 0 fully saturated rings. The highest BCUT2D eigenvalue weighted by Gasteiger charge is 2.15. The van der Waals surface area contributed by atoms with Crippen LogP contribution in [0.25, 0.3) is 0 Å². The molecule has 80 valence electrons. The second-order valence-electron chi connectivity index (χ2n) is 3.14. The van der Waals surface area contributed by atoms with E-state index in [9.17, 15) is 10.1 Å². The molecule has 0 aromatic heterocycles. The van der Waals surface area contributed by atoms with Gasteiger partial charge in [0.25, 0.3) is 5.69 Å². The van der Waals surface area contributed by atoms with Crippen LogP contribution in [0.2, 0.25) is 0 Å². The highest BCUT2D eigenvalue weighted by atomic mass is 16.6. The van der Waals surface area contributed by atoms with Gasteiger partial charge in [-0.3, -0.25) is 10.1 Å². The summed E-state index contributed by atoms with van der Waals surface area (Å²) in [7, 11) is 3.45. The third-order valence-electron chi connectivity index (χ3n) is 1.88. The number of oxime groups is 1. The van der Waals surface area contributed by atoms with E-state index in [2.05, 4.69) is 5.16 Å². The van der Waals surface area contributed by atoms with E-state index >= 15 is 0 Å². The molecule has 0 heterocycles. The van der Waals surface area contributed by atoms with Crippen LogP contribution in [0.3, 0.4) is 0 Å². The van der Waals surface area contributed by atoms with Crippen molar-refractivity contribution in [2.45, 2.75) is 0 Å². The predicted octanol–water partition coefficient (Wildman–Crippen LogP) is 1.47. The molecule has 0 amide bonds. The average Bonchev–Trinajstić information content (AvgIpc) is 2.17. The Morgan fingerprint density at radius 1 is 1.53 bits per heavy atom. The van der Waals surface area contributed by atoms with Gasteiger partial charge in [-0.05, 0) is 6.07 Å². The molecule has 0 radical (unpaired) electrons. The molecular weight excluding hydrogens is 198 g/mol. The summed E-state index contributed by atoms with van der Waals surface area (Å²) >= 11 is 0. The molecule has 0 aliphatic carbocycles. The molecule has 0 spiro atoms. The summed E-state index contributed by atoms with van der Waals surface area (Å²) in [4.78, 5) is 11.9. The van der Waals surface area contributed by atoms with Gasteiger partial charge < -0.3 is 10.1 Å². The lowest BCUT2D eigenvalue weighted by molar-refractivity contribution is -0.384. The Kier molecular flexibility index (Phi) is 3.22. The number of hydrogen-bond acceptors (Lipinski definition) is 5. The van der Waals surface area contributed by atoms with Gasteiger partial charge in [-0.2, -0.15) is 0 Å². The Balaban J connectivity index is 3.27. The first kappa shape index (κ1) is 11.0. The Morgan fingerprint density at radius 2 is 2.20 bits per heavy atom. The zero-order chi connectivity index (χ0) is 11.4. The smallest absolute Gasteiger partial charge is 0.293 e. The molecule has 1 aromatic rings. The molecule has 1 rings (SSSR count).